The number of hydrogen-bond donors (Lipinski definition) is 0. The van der Waals surface area contributed by atoms with E-state index in [4.69, 9.17) is 11.6 Å². The minimum absolute atomic E-state index is 0.122. The minimum Gasteiger partial charge on any atom is -0.337 e. The summed E-state index contributed by atoms with van der Waals surface area (Å²) in [4.78, 5) is 21.3. The number of aryl methyl sites for hydroxylation is 1. The molecule has 1 saturated heterocycles. The second kappa shape index (κ2) is 7.36. The predicted molar refractivity (Wildman–Crippen MR) is 95.2 cm³/mol. The average molecular weight is 347 g/mol. The van der Waals surface area contributed by atoms with Gasteiger partial charge in [-0.3, -0.25) is 9.69 Å². The van der Waals surface area contributed by atoms with Crippen LogP contribution in [0.3, 0.4) is 0 Å². The van der Waals surface area contributed by atoms with Gasteiger partial charge in [0, 0.05) is 38.8 Å². The Balaban J connectivity index is 1.61. The van der Waals surface area contributed by atoms with E-state index in [0.717, 1.165) is 50.5 Å². The van der Waals surface area contributed by atoms with Crippen LogP contribution in [0.1, 0.15) is 28.2 Å². The number of nitrogens with zero attached hydrogens (tertiary/aromatic N) is 4. The number of carbonyl (C=O) groups is 1. The van der Waals surface area contributed by atoms with Crippen molar-refractivity contribution in [3.63, 3.8) is 0 Å². The van der Waals surface area contributed by atoms with Crippen molar-refractivity contribution in [1.29, 1.82) is 0 Å². The highest BCUT2D eigenvalue weighted by Crippen LogP contribution is 2.14. The number of halogens is 1. The van der Waals surface area contributed by atoms with Gasteiger partial charge in [-0.05, 0) is 25.5 Å². The van der Waals surface area contributed by atoms with Gasteiger partial charge in [-0.2, -0.15) is 0 Å². The van der Waals surface area contributed by atoms with E-state index in [-0.39, 0.29) is 5.91 Å². The molecule has 0 spiro atoms. The zero-order chi connectivity index (χ0) is 17.1. The predicted octanol–water partition coefficient (Wildman–Crippen LogP) is 2.73. The number of imidazole rings is 1. The largest absolute Gasteiger partial charge is 0.337 e. The second-order valence-corrected chi connectivity index (χ2v) is 6.73. The van der Waals surface area contributed by atoms with Crippen molar-refractivity contribution in [1.82, 2.24) is 19.4 Å². The topological polar surface area (TPSA) is 41.4 Å². The van der Waals surface area contributed by atoms with Gasteiger partial charge < -0.3 is 9.47 Å². The normalized spacial score (nSPS) is 16.2. The first-order valence-electron chi connectivity index (χ1n) is 8.29. The van der Waals surface area contributed by atoms with Crippen LogP contribution >= 0.6 is 11.6 Å². The van der Waals surface area contributed by atoms with E-state index in [9.17, 15) is 4.79 Å². The fourth-order valence-corrected chi connectivity index (χ4v) is 3.13. The second-order valence-electron chi connectivity index (χ2n) is 6.34. The van der Waals surface area contributed by atoms with E-state index in [1.54, 1.807) is 6.20 Å². The molecule has 0 aliphatic carbocycles. The lowest BCUT2D eigenvalue weighted by Crippen LogP contribution is -2.35. The first-order valence-corrected chi connectivity index (χ1v) is 8.67. The number of hydrogen-bond acceptors (Lipinski definition) is 3. The maximum atomic E-state index is 12.7. The highest BCUT2D eigenvalue weighted by Gasteiger charge is 2.21. The van der Waals surface area contributed by atoms with E-state index in [1.807, 2.05) is 47.7 Å². The molecule has 0 unspecified atom stereocenters. The van der Waals surface area contributed by atoms with Gasteiger partial charge in [-0.25, -0.2) is 4.98 Å². The molecule has 1 aromatic heterocycles. The third kappa shape index (κ3) is 3.79. The summed E-state index contributed by atoms with van der Waals surface area (Å²) in [5.41, 5.74) is 1.94. The molecule has 1 aromatic carbocycles. The molecular weight excluding hydrogens is 324 g/mol. The molecule has 0 atom stereocenters. The highest BCUT2D eigenvalue weighted by molar-refractivity contribution is 6.29. The fraction of sp³-hybridized carbons (Fsp3) is 0.444. The smallest absolute Gasteiger partial charge is 0.253 e. The third-order valence-electron chi connectivity index (χ3n) is 4.57. The molecule has 0 radical (unpaired) electrons. The monoisotopic (exact) mass is 346 g/mol. The lowest BCUT2D eigenvalue weighted by molar-refractivity contribution is 0.0761. The van der Waals surface area contributed by atoms with Gasteiger partial charge in [-0.1, -0.05) is 29.3 Å². The Kier molecular flexibility index (Phi) is 5.21. The van der Waals surface area contributed by atoms with Crippen LogP contribution in [0.2, 0.25) is 5.15 Å². The molecule has 1 aliphatic rings. The van der Waals surface area contributed by atoms with Gasteiger partial charge in [0.15, 0.2) is 0 Å². The summed E-state index contributed by atoms with van der Waals surface area (Å²) in [5.74, 6) is 1.08. The molecule has 3 rings (SSSR count). The molecule has 1 aliphatic heterocycles. The molecule has 24 heavy (non-hydrogen) atoms. The number of aromatic nitrogens is 2. The van der Waals surface area contributed by atoms with Crippen LogP contribution in [0.15, 0.2) is 30.5 Å². The van der Waals surface area contributed by atoms with E-state index in [1.165, 1.54) is 5.56 Å². The lowest BCUT2D eigenvalue weighted by atomic mass is 10.1. The van der Waals surface area contributed by atoms with Gasteiger partial charge in [-0.15, -0.1) is 0 Å². The molecule has 0 N–H and O–H groups in total. The molecule has 128 valence electrons. The van der Waals surface area contributed by atoms with Gasteiger partial charge in [0.05, 0.1) is 12.7 Å². The molecule has 2 heterocycles. The molecule has 1 amide bonds. The molecule has 6 heteroatoms. The maximum absolute atomic E-state index is 12.7. The van der Waals surface area contributed by atoms with Crippen molar-refractivity contribution in [2.24, 2.45) is 7.05 Å². The van der Waals surface area contributed by atoms with Crippen molar-refractivity contribution in [2.45, 2.75) is 19.9 Å². The Morgan fingerprint density at radius 2 is 1.92 bits per heavy atom. The standard InChI is InChI=1S/C18H23ClN4O/c1-14-4-6-15(7-5-14)18(24)23-9-3-8-22(10-11-23)13-17-20-12-16(19)21(17)2/h4-7,12H,3,8-11,13H2,1-2H3. The molecule has 5 nitrogen and oxygen atoms in total. The summed E-state index contributed by atoms with van der Waals surface area (Å²) in [6.07, 6.45) is 2.65. The number of benzene rings is 1. The van der Waals surface area contributed by atoms with Gasteiger partial charge in [0.1, 0.15) is 11.0 Å². The van der Waals surface area contributed by atoms with Crippen LogP contribution in [0.5, 0.6) is 0 Å². The first kappa shape index (κ1) is 17.0. The highest BCUT2D eigenvalue weighted by atomic mass is 35.5. The van der Waals surface area contributed by atoms with Crippen molar-refractivity contribution < 1.29 is 4.79 Å². The van der Waals surface area contributed by atoms with Crippen LogP contribution < -0.4 is 0 Å². The van der Waals surface area contributed by atoms with Crippen molar-refractivity contribution >= 4 is 17.5 Å². The molecular formula is C18H23ClN4O. The Morgan fingerprint density at radius 3 is 2.58 bits per heavy atom. The lowest BCUT2D eigenvalue weighted by Gasteiger charge is -2.22. The first-order chi connectivity index (χ1) is 11.5. The summed E-state index contributed by atoms with van der Waals surface area (Å²) < 4.78 is 1.90. The number of amides is 1. The average Bonchev–Trinajstić information content (AvgIpc) is 2.79. The summed E-state index contributed by atoms with van der Waals surface area (Å²) in [5, 5.41) is 0.649. The van der Waals surface area contributed by atoms with Crippen LogP contribution in [0.25, 0.3) is 0 Å². The number of carbonyl (C=O) groups excluding carboxylic acids is 1. The minimum atomic E-state index is 0.122. The Hall–Kier alpha value is -1.85. The summed E-state index contributed by atoms with van der Waals surface area (Å²) >= 11 is 6.05. The summed E-state index contributed by atoms with van der Waals surface area (Å²) in [7, 11) is 1.93. The number of rotatable bonds is 3. The van der Waals surface area contributed by atoms with Crippen LogP contribution in [-0.2, 0) is 13.6 Å². The molecule has 0 bridgehead atoms. The van der Waals surface area contributed by atoms with E-state index in [0.29, 0.717) is 5.15 Å². The van der Waals surface area contributed by atoms with Crippen LogP contribution in [-0.4, -0.2) is 51.4 Å². The van der Waals surface area contributed by atoms with E-state index < -0.39 is 0 Å². The van der Waals surface area contributed by atoms with E-state index in [2.05, 4.69) is 9.88 Å². The third-order valence-corrected chi connectivity index (χ3v) is 4.92. The zero-order valence-electron chi connectivity index (χ0n) is 14.2. The van der Waals surface area contributed by atoms with Crippen molar-refractivity contribution in [3.8, 4) is 0 Å². The van der Waals surface area contributed by atoms with Gasteiger partial charge in [0.2, 0.25) is 0 Å². The Morgan fingerprint density at radius 1 is 1.17 bits per heavy atom. The Bertz CT molecular complexity index is 710. The quantitative estimate of drug-likeness (QED) is 0.858. The molecule has 2 aromatic rings. The SMILES string of the molecule is Cc1ccc(C(=O)N2CCCN(Cc3ncc(Cl)n3C)CC2)cc1. The van der Waals surface area contributed by atoms with E-state index >= 15 is 0 Å². The van der Waals surface area contributed by atoms with Crippen molar-refractivity contribution in [2.75, 3.05) is 26.2 Å². The molecule has 0 saturated carbocycles. The van der Waals surface area contributed by atoms with Gasteiger partial charge in [0.25, 0.3) is 5.91 Å². The van der Waals surface area contributed by atoms with Crippen LogP contribution in [0.4, 0.5) is 0 Å². The summed E-state index contributed by atoms with van der Waals surface area (Å²) in [6.45, 7) is 6.14. The molecule has 1 fully saturated rings. The van der Waals surface area contributed by atoms with Crippen molar-refractivity contribution in [3.05, 3.63) is 52.6 Å². The summed E-state index contributed by atoms with van der Waals surface area (Å²) in [6, 6.07) is 7.80. The van der Waals surface area contributed by atoms with Gasteiger partial charge >= 0.3 is 0 Å². The van der Waals surface area contributed by atoms with Crippen LogP contribution in [0, 0.1) is 6.92 Å². The Labute approximate surface area is 147 Å². The zero-order valence-corrected chi connectivity index (χ0v) is 15.0. The fourth-order valence-electron chi connectivity index (χ4n) is 2.98. The maximum Gasteiger partial charge on any atom is 0.253 e.